The van der Waals surface area contributed by atoms with E-state index in [2.05, 4.69) is 18.9 Å². The number of methoxy groups -OCH3 is 1. The number of likely N-dealkylation sites (tertiary alicyclic amines) is 1. The van der Waals surface area contributed by atoms with Crippen molar-refractivity contribution in [3.05, 3.63) is 0 Å². The summed E-state index contributed by atoms with van der Waals surface area (Å²) in [6, 6.07) is 0.755. The molecule has 0 radical (unpaired) electrons. The Hall–Kier alpha value is -0.0800. The molecule has 1 aliphatic rings. The summed E-state index contributed by atoms with van der Waals surface area (Å²) in [5.74, 6) is 0. The molecule has 60 valence electrons. The summed E-state index contributed by atoms with van der Waals surface area (Å²) >= 11 is 0. The van der Waals surface area contributed by atoms with Gasteiger partial charge in [0.15, 0.2) is 0 Å². The molecule has 0 aromatic carbocycles. The van der Waals surface area contributed by atoms with Crippen molar-refractivity contribution >= 4 is 0 Å². The van der Waals surface area contributed by atoms with E-state index in [1.54, 1.807) is 7.11 Å². The molecule has 0 saturated carbocycles. The molecular formula is C8H17NO. The molecule has 1 fully saturated rings. The highest BCUT2D eigenvalue weighted by molar-refractivity contribution is 4.82. The van der Waals surface area contributed by atoms with Crippen LogP contribution in [0.5, 0.6) is 0 Å². The lowest BCUT2D eigenvalue weighted by Crippen LogP contribution is -2.24. The first-order valence-corrected chi connectivity index (χ1v) is 4.01. The molecule has 2 atom stereocenters. The zero-order valence-electron chi connectivity index (χ0n) is 7.13. The van der Waals surface area contributed by atoms with Crippen molar-refractivity contribution in [3.8, 4) is 0 Å². The molecule has 0 unspecified atom stereocenters. The van der Waals surface area contributed by atoms with Crippen molar-refractivity contribution in [2.75, 3.05) is 20.7 Å². The minimum absolute atomic E-state index is 0.481. The van der Waals surface area contributed by atoms with Crippen molar-refractivity contribution < 1.29 is 4.74 Å². The number of nitrogens with zero attached hydrogens (tertiary/aromatic N) is 1. The van der Waals surface area contributed by atoms with Crippen molar-refractivity contribution in [2.45, 2.75) is 31.9 Å². The van der Waals surface area contributed by atoms with E-state index in [1.165, 1.54) is 12.8 Å². The summed E-state index contributed by atoms with van der Waals surface area (Å²) in [5, 5.41) is 0. The Bertz CT molecular complexity index is 105. The monoisotopic (exact) mass is 143 g/mol. The fraction of sp³-hybridized carbons (Fsp3) is 1.00. The molecule has 0 spiro atoms. The first kappa shape index (κ1) is 8.02. The predicted octanol–water partition coefficient (Wildman–Crippen LogP) is 1.12. The minimum atomic E-state index is 0.481. The molecule has 2 nitrogen and oxygen atoms in total. The fourth-order valence-electron chi connectivity index (χ4n) is 1.68. The molecule has 1 saturated heterocycles. The van der Waals surface area contributed by atoms with Gasteiger partial charge in [0, 0.05) is 19.7 Å². The van der Waals surface area contributed by atoms with Gasteiger partial charge in [0.1, 0.15) is 0 Å². The van der Waals surface area contributed by atoms with Gasteiger partial charge in [-0.3, -0.25) is 0 Å². The Morgan fingerprint density at radius 1 is 1.60 bits per heavy atom. The first-order chi connectivity index (χ1) is 4.77. The van der Waals surface area contributed by atoms with Gasteiger partial charge in [0.05, 0.1) is 6.10 Å². The molecule has 1 aliphatic heterocycles. The second-order valence-electron chi connectivity index (χ2n) is 3.10. The molecule has 0 bridgehead atoms. The number of hydrogen-bond donors (Lipinski definition) is 0. The normalized spacial score (nSPS) is 35.1. The average Bonchev–Trinajstić information content (AvgIpc) is 2.30. The van der Waals surface area contributed by atoms with Crippen LogP contribution in [0.2, 0.25) is 0 Å². The number of hydrogen-bond acceptors (Lipinski definition) is 2. The van der Waals surface area contributed by atoms with Gasteiger partial charge in [-0.2, -0.15) is 0 Å². The van der Waals surface area contributed by atoms with Crippen molar-refractivity contribution in [1.29, 1.82) is 0 Å². The second kappa shape index (κ2) is 3.35. The quantitative estimate of drug-likeness (QED) is 0.574. The topological polar surface area (TPSA) is 12.5 Å². The van der Waals surface area contributed by atoms with Crippen LogP contribution in [-0.2, 0) is 4.74 Å². The van der Waals surface area contributed by atoms with Crippen LogP contribution < -0.4 is 0 Å². The standard InChI is InChI=1S/C8H17NO/c1-4-7-5-8(10-3)6-9(7)2/h7-8H,4-6H2,1-3H3/t7-,8-/m1/s1. The Morgan fingerprint density at radius 2 is 2.30 bits per heavy atom. The van der Waals surface area contributed by atoms with Gasteiger partial charge >= 0.3 is 0 Å². The maximum Gasteiger partial charge on any atom is 0.0713 e. The van der Waals surface area contributed by atoms with Crippen LogP contribution in [0.1, 0.15) is 19.8 Å². The molecule has 0 aromatic rings. The van der Waals surface area contributed by atoms with E-state index in [4.69, 9.17) is 4.74 Å². The lowest BCUT2D eigenvalue weighted by atomic mass is 10.1. The predicted molar refractivity (Wildman–Crippen MR) is 42.1 cm³/mol. The lowest BCUT2D eigenvalue weighted by Gasteiger charge is -2.15. The van der Waals surface area contributed by atoms with Gasteiger partial charge in [0.2, 0.25) is 0 Å². The van der Waals surface area contributed by atoms with Gasteiger partial charge < -0.3 is 9.64 Å². The summed E-state index contributed by atoms with van der Waals surface area (Å²) in [6.45, 7) is 3.34. The summed E-state index contributed by atoms with van der Waals surface area (Å²) in [5.41, 5.74) is 0. The number of rotatable bonds is 2. The molecule has 0 aliphatic carbocycles. The van der Waals surface area contributed by atoms with Crippen LogP contribution in [0, 0.1) is 0 Å². The SMILES string of the molecule is CC[C@@H]1C[C@@H](OC)CN1C. The Labute approximate surface area is 63.2 Å². The molecule has 0 N–H and O–H groups in total. The highest BCUT2D eigenvalue weighted by atomic mass is 16.5. The van der Waals surface area contributed by atoms with Gasteiger partial charge in [0.25, 0.3) is 0 Å². The Balaban J connectivity index is 2.36. The molecule has 1 heterocycles. The molecule has 1 rings (SSSR count). The smallest absolute Gasteiger partial charge is 0.0713 e. The third-order valence-electron chi connectivity index (χ3n) is 2.45. The zero-order valence-corrected chi connectivity index (χ0v) is 7.13. The van der Waals surface area contributed by atoms with E-state index in [0.29, 0.717) is 6.10 Å². The van der Waals surface area contributed by atoms with Crippen molar-refractivity contribution in [2.24, 2.45) is 0 Å². The van der Waals surface area contributed by atoms with Gasteiger partial charge in [-0.25, -0.2) is 0 Å². The maximum atomic E-state index is 5.27. The molecule has 10 heavy (non-hydrogen) atoms. The fourth-order valence-corrected chi connectivity index (χ4v) is 1.68. The third-order valence-corrected chi connectivity index (χ3v) is 2.45. The number of ether oxygens (including phenoxy) is 1. The summed E-state index contributed by atoms with van der Waals surface area (Å²) in [6.07, 6.45) is 2.94. The van der Waals surface area contributed by atoms with Crippen LogP contribution in [-0.4, -0.2) is 37.7 Å². The van der Waals surface area contributed by atoms with Gasteiger partial charge in [-0.15, -0.1) is 0 Å². The van der Waals surface area contributed by atoms with Crippen LogP contribution in [0.25, 0.3) is 0 Å². The van der Waals surface area contributed by atoms with Crippen molar-refractivity contribution in [1.82, 2.24) is 4.90 Å². The number of likely N-dealkylation sites (N-methyl/N-ethyl adjacent to an activating group) is 1. The van der Waals surface area contributed by atoms with E-state index < -0.39 is 0 Å². The summed E-state index contributed by atoms with van der Waals surface area (Å²) < 4.78 is 5.27. The lowest BCUT2D eigenvalue weighted by molar-refractivity contribution is 0.111. The van der Waals surface area contributed by atoms with Crippen LogP contribution >= 0.6 is 0 Å². The molecular weight excluding hydrogens is 126 g/mol. The molecule has 0 aromatic heterocycles. The molecule has 2 heteroatoms. The van der Waals surface area contributed by atoms with Crippen molar-refractivity contribution in [3.63, 3.8) is 0 Å². The largest absolute Gasteiger partial charge is 0.380 e. The zero-order chi connectivity index (χ0) is 7.56. The van der Waals surface area contributed by atoms with E-state index in [0.717, 1.165) is 12.6 Å². The first-order valence-electron chi connectivity index (χ1n) is 4.01. The summed E-state index contributed by atoms with van der Waals surface area (Å²) in [7, 11) is 3.98. The van der Waals surface area contributed by atoms with Crippen LogP contribution in [0.3, 0.4) is 0 Å². The highest BCUT2D eigenvalue weighted by Crippen LogP contribution is 2.19. The van der Waals surface area contributed by atoms with Gasteiger partial charge in [-0.1, -0.05) is 6.92 Å². The molecule has 0 amide bonds. The van der Waals surface area contributed by atoms with E-state index >= 15 is 0 Å². The minimum Gasteiger partial charge on any atom is -0.380 e. The van der Waals surface area contributed by atoms with Crippen LogP contribution in [0.15, 0.2) is 0 Å². The Morgan fingerprint density at radius 3 is 2.60 bits per heavy atom. The third kappa shape index (κ3) is 1.50. The highest BCUT2D eigenvalue weighted by Gasteiger charge is 2.27. The van der Waals surface area contributed by atoms with Crippen LogP contribution in [0.4, 0.5) is 0 Å². The summed E-state index contributed by atoms with van der Waals surface area (Å²) in [4.78, 5) is 2.38. The van der Waals surface area contributed by atoms with Gasteiger partial charge in [-0.05, 0) is 19.9 Å². The van der Waals surface area contributed by atoms with E-state index in [9.17, 15) is 0 Å². The average molecular weight is 143 g/mol. The second-order valence-corrected chi connectivity index (χ2v) is 3.10. The van der Waals surface area contributed by atoms with E-state index in [-0.39, 0.29) is 0 Å². The Kier molecular flexibility index (Phi) is 2.69. The van der Waals surface area contributed by atoms with E-state index in [1.807, 2.05) is 0 Å². The maximum absolute atomic E-state index is 5.27.